The predicted octanol–water partition coefficient (Wildman–Crippen LogP) is 3.69. The van der Waals surface area contributed by atoms with Crippen LogP contribution in [-0.2, 0) is 4.74 Å². The third-order valence-electron chi connectivity index (χ3n) is 4.11. The Labute approximate surface area is 162 Å². The van der Waals surface area contributed by atoms with Crippen molar-refractivity contribution in [2.75, 3.05) is 17.7 Å². The molecule has 1 aromatic heterocycles. The number of rotatable bonds is 6. The third kappa shape index (κ3) is 4.50. The topological polar surface area (TPSA) is 93.2 Å². The molecule has 7 nitrogen and oxygen atoms in total. The first-order chi connectivity index (χ1) is 13.6. The molecule has 1 atom stereocenters. The van der Waals surface area contributed by atoms with Gasteiger partial charge >= 0.3 is 5.97 Å². The van der Waals surface area contributed by atoms with Gasteiger partial charge in [0, 0.05) is 6.20 Å². The van der Waals surface area contributed by atoms with Crippen molar-refractivity contribution in [2.45, 2.75) is 13.0 Å². The zero-order chi connectivity index (χ0) is 19.9. The number of carbonyl (C=O) groups excluding carboxylic acids is 2. The van der Waals surface area contributed by atoms with E-state index in [1.54, 1.807) is 24.3 Å². The van der Waals surface area contributed by atoms with Crippen LogP contribution in [0.1, 0.15) is 39.4 Å². The largest absolute Gasteiger partial charge is 0.465 e. The molecule has 2 aromatic carbocycles. The molecule has 0 saturated heterocycles. The molecule has 1 unspecified atom stereocenters. The number of methoxy groups -OCH3 is 1. The van der Waals surface area contributed by atoms with Gasteiger partial charge < -0.3 is 15.4 Å². The van der Waals surface area contributed by atoms with E-state index in [2.05, 4.69) is 20.6 Å². The zero-order valence-electron chi connectivity index (χ0n) is 15.5. The maximum absolute atomic E-state index is 12.6. The number of hydrogen-bond donors (Lipinski definition) is 2. The Hall–Kier alpha value is -3.74. The van der Waals surface area contributed by atoms with Crippen molar-refractivity contribution >= 4 is 23.5 Å². The van der Waals surface area contributed by atoms with E-state index < -0.39 is 11.9 Å². The van der Waals surface area contributed by atoms with Crippen LogP contribution in [0.5, 0.6) is 0 Å². The monoisotopic (exact) mass is 376 g/mol. The number of esters is 1. The zero-order valence-corrected chi connectivity index (χ0v) is 15.5. The Bertz CT molecular complexity index is 976. The maximum Gasteiger partial charge on any atom is 0.339 e. The van der Waals surface area contributed by atoms with E-state index >= 15 is 0 Å². The quantitative estimate of drug-likeness (QED) is 0.638. The number of nitrogens with zero attached hydrogens (tertiary/aromatic N) is 2. The van der Waals surface area contributed by atoms with Crippen molar-refractivity contribution in [3.8, 4) is 0 Å². The minimum Gasteiger partial charge on any atom is -0.465 e. The second kappa shape index (κ2) is 8.77. The van der Waals surface area contributed by atoms with Gasteiger partial charge in [0.15, 0.2) is 0 Å². The third-order valence-corrected chi connectivity index (χ3v) is 4.11. The lowest BCUT2D eigenvalue weighted by atomic mass is 10.1. The van der Waals surface area contributed by atoms with Gasteiger partial charge in [-0.15, -0.1) is 0 Å². The summed E-state index contributed by atoms with van der Waals surface area (Å²) in [5, 5.41) is 5.88. The fraction of sp³-hybridized carbons (Fsp3) is 0.143. The minimum absolute atomic E-state index is 0.0282. The summed E-state index contributed by atoms with van der Waals surface area (Å²) in [6.07, 6.45) is 1.51. The van der Waals surface area contributed by atoms with Crippen molar-refractivity contribution in [3.63, 3.8) is 0 Å². The van der Waals surface area contributed by atoms with E-state index in [4.69, 9.17) is 4.74 Å². The molecule has 3 rings (SSSR count). The summed E-state index contributed by atoms with van der Waals surface area (Å²) >= 11 is 0. The van der Waals surface area contributed by atoms with Crippen LogP contribution in [0, 0.1) is 0 Å². The van der Waals surface area contributed by atoms with Crippen LogP contribution in [0.3, 0.4) is 0 Å². The Balaban J connectivity index is 1.75. The first-order valence-electron chi connectivity index (χ1n) is 8.71. The lowest BCUT2D eigenvalue weighted by Crippen LogP contribution is -2.18. The standard InChI is InChI=1S/C21H20N4O3/c1-14(15-8-4-3-5-9-15)23-21-22-13-12-18(25-21)19(26)24-17-11-7-6-10-16(17)20(27)28-2/h3-14H,1-2H3,(H,24,26)(H,22,23,25). The van der Waals surface area contributed by atoms with Crippen LogP contribution >= 0.6 is 0 Å². The molecule has 0 aliphatic heterocycles. The summed E-state index contributed by atoms with van der Waals surface area (Å²) in [6.45, 7) is 1.98. The number of benzene rings is 2. The Kier molecular flexibility index (Phi) is 5.96. The summed E-state index contributed by atoms with van der Waals surface area (Å²) in [4.78, 5) is 32.9. The van der Waals surface area contributed by atoms with Crippen molar-refractivity contribution in [3.05, 3.63) is 83.7 Å². The highest BCUT2D eigenvalue weighted by Gasteiger charge is 2.16. The number of ether oxygens (including phenoxy) is 1. The van der Waals surface area contributed by atoms with Crippen LogP contribution in [0.4, 0.5) is 11.6 Å². The smallest absolute Gasteiger partial charge is 0.339 e. The molecule has 1 amide bonds. The molecule has 28 heavy (non-hydrogen) atoms. The number of hydrogen-bond acceptors (Lipinski definition) is 6. The fourth-order valence-corrected chi connectivity index (χ4v) is 2.64. The fourth-order valence-electron chi connectivity index (χ4n) is 2.64. The normalized spacial score (nSPS) is 11.4. The molecule has 2 N–H and O–H groups in total. The first kappa shape index (κ1) is 19.0. The highest BCUT2D eigenvalue weighted by molar-refractivity contribution is 6.07. The van der Waals surface area contributed by atoms with Crippen LogP contribution in [0.15, 0.2) is 66.9 Å². The number of aromatic nitrogens is 2. The van der Waals surface area contributed by atoms with Crippen molar-refractivity contribution in [1.82, 2.24) is 9.97 Å². The average molecular weight is 376 g/mol. The van der Waals surface area contributed by atoms with Crippen LogP contribution in [0.25, 0.3) is 0 Å². The second-order valence-electron chi connectivity index (χ2n) is 6.03. The van der Waals surface area contributed by atoms with Crippen LogP contribution in [0.2, 0.25) is 0 Å². The number of carbonyl (C=O) groups is 2. The summed E-state index contributed by atoms with van der Waals surface area (Å²) in [7, 11) is 1.29. The van der Waals surface area contributed by atoms with E-state index in [0.717, 1.165) is 5.56 Å². The predicted molar refractivity (Wildman–Crippen MR) is 106 cm³/mol. The summed E-state index contributed by atoms with van der Waals surface area (Å²) in [5.74, 6) is -0.642. The van der Waals surface area contributed by atoms with E-state index in [-0.39, 0.29) is 17.3 Å². The van der Waals surface area contributed by atoms with E-state index in [1.165, 1.54) is 19.4 Å². The lowest BCUT2D eigenvalue weighted by Gasteiger charge is -2.14. The van der Waals surface area contributed by atoms with Gasteiger partial charge in [-0.05, 0) is 30.7 Å². The first-order valence-corrected chi connectivity index (χ1v) is 8.71. The lowest BCUT2D eigenvalue weighted by molar-refractivity contribution is 0.0602. The van der Waals surface area contributed by atoms with Crippen LogP contribution in [-0.4, -0.2) is 29.0 Å². The highest BCUT2D eigenvalue weighted by atomic mass is 16.5. The molecule has 0 aliphatic rings. The number of nitrogens with one attached hydrogen (secondary N) is 2. The molecule has 0 bridgehead atoms. The van der Waals surface area contributed by atoms with Gasteiger partial charge in [-0.1, -0.05) is 42.5 Å². The molecule has 7 heteroatoms. The Morgan fingerprint density at radius 1 is 1.00 bits per heavy atom. The molecule has 1 heterocycles. The van der Waals surface area contributed by atoms with E-state index in [0.29, 0.717) is 11.6 Å². The second-order valence-corrected chi connectivity index (χ2v) is 6.03. The van der Waals surface area contributed by atoms with Crippen molar-refractivity contribution in [2.24, 2.45) is 0 Å². The Morgan fingerprint density at radius 2 is 1.71 bits per heavy atom. The molecule has 3 aromatic rings. The number of amides is 1. The Morgan fingerprint density at radius 3 is 2.46 bits per heavy atom. The molecular formula is C21H20N4O3. The summed E-state index contributed by atoms with van der Waals surface area (Å²) < 4.78 is 4.74. The SMILES string of the molecule is COC(=O)c1ccccc1NC(=O)c1ccnc(NC(C)c2ccccc2)n1. The van der Waals surface area contributed by atoms with Gasteiger partial charge in [0.05, 0.1) is 24.4 Å². The van der Waals surface area contributed by atoms with Crippen LogP contribution < -0.4 is 10.6 Å². The van der Waals surface area contributed by atoms with Crippen molar-refractivity contribution < 1.29 is 14.3 Å². The van der Waals surface area contributed by atoms with E-state index in [1.807, 2.05) is 37.3 Å². The van der Waals surface area contributed by atoms with Gasteiger partial charge in [-0.3, -0.25) is 4.79 Å². The number of para-hydroxylation sites is 1. The molecule has 0 saturated carbocycles. The molecular weight excluding hydrogens is 356 g/mol. The van der Waals surface area contributed by atoms with Gasteiger partial charge in [0.2, 0.25) is 5.95 Å². The molecule has 0 fully saturated rings. The minimum atomic E-state index is -0.530. The van der Waals surface area contributed by atoms with Gasteiger partial charge in [0.1, 0.15) is 5.69 Å². The summed E-state index contributed by atoms with van der Waals surface area (Å²) in [6, 6.07) is 18.0. The van der Waals surface area contributed by atoms with Gasteiger partial charge in [0.25, 0.3) is 5.91 Å². The average Bonchev–Trinajstić information content (AvgIpc) is 2.74. The molecule has 0 spiro atoms. The highest BCUT2D eigenvalue weighted by Crippen LogP contribution is 2.18. The summed E-state index contributed by atoms with van der Waals surface area (Å²) in [5.41, 5.74) is 1.87. The maximum atomic E-state index is 12.6. The molecule has 0 radical (unpaired) electrons. The van der Waals surface area contributed by atoms with Gasteiger partial charge in [-0.2, -0.15) is 0 Å². The molecule has 0 aliphatic carbocycles. The number of anilines is 2. The van der Waals surface area contributed by atoms with Crippen molar-refractivity contribution in [1.29, 1.82) is 0 Å². The van der Waals surface area contributed by atoms with Gasteiger partial charge in [-0.25, -0.2) is 14.8 Å². The molecule has 142 valence electrons. The van der Waals surface area contributed by atoms with E-state index in [9.17, 15) is 9.59 Å².